The van der Waals surface area contributed by atoms with E-state index in [1.54, 1.807) is 31.3 Å². The van der Waals surface area contributed by atoms with E-state index in [9.17, 15) is 4.79 Å². The van der Waals surface area contributed by atoms with Crippen molar-refractivity contribution in [2.45, 2.75) is 13.0 Å². The Labute approximate surface area is 126 Å². The second-order valence-electron chi connectivity index (χ2n) is 4.57. The van der Waals surface area contributed by atoms with Gasteiger partial charge < -0.3 is 14.6 Å². The van der Waals surface area contributed by atoms with Gasteiger partial charge in [0.15, 0.2) is 0 Å². The maximum Gasteiger partial charge on any atom is 0.270 e. The van der Waals surface area contributed by atoms with Gasteiger partial charge in [0.05, 0.1) is 13.2 Å². The molecule has 0 fully saturated rings. The molecule has 1 aromatic heterocycles. The molecule has 4 nitrogen and oxygen atoms in total. The van der Waals surface area contributed by atoms with Crippen molar-refractivity contribution in [2.75, 3.05) is 14.2 Å². The molecule has 1 N–H and O–H groups in total. The van der Waals surface area contributed by atoms with Gasteiger partial charge in [-0.15, -0.1) is 0 Å². The lowest BCUT2D eigenvalue weighted by molar-refractivity contribution is 0.0736. The van der Waals surface area contributed by atoms with E-state index >= 15 is 0 Å². The minimum atomic E-state index is -0.0827. The Bertz CT molecular complexity index is 609. The Balaban J connectivity index is 2.24. The Morgan fingerprint density at radius 1 is 1.40 bits per heavy atom. The first-order valence-electron chi connectivity index (χ1n) is 6.28. The molecular formula is C15H17BrN2O2. The summed E-state index contributed by atoms with van der Waals surface area (Å²) >= 11 is 3.33. The third-order valence-electron chi connectivity index (χ3n) is 3.37. The molecule has 1 aromatic carbocycles. The molecule has 0 radical (unpaired) electrons. The molecule has 5 heteroatoms. The second-order valence-corrected chi connectivity index (χ2v) is 5.48. The van der Waals surface area contributed by atoms with E-state index in [0.717, 1.165) is 15.8 Å². The average molecular weight is 337 g/mol. The van der Waals surface area contributed by atoms with Crippen LogP contribution in [-0.2, 0) is 0 Å². The number of ether oxygens (including phenoxy) is 1. The van der Waals surface area contributed by atoms with Gasteiger partial charge in [-0.05, 0) is 35.0 Å². The molecular weight excluding hydrogens is 320 g/mol. The van der Waals surface area contributed by atoms with Gasteiger partial charge >= 0.3 is 0 Å². The highest BCUT2D eigenvalue weighted by Gasteiger charge is 2.22. The zero-order chi connectivity index (χ0) is 14.7. The van der Waals surface area contributed by atoms with E-state index in [1.165, 1.54) is 0 Å². The number of H-pyrrole nitrogens is 1. The van der Waals surface area contributed by atoms with Gasteiger partial charge in [0, 0.05) is 23.3 Å². The molecule has 0 aliphatic heterocycles. The number of hydrogen-bond acceptors (Lipinski definition) is 2. The number of carbonyl (C=O) groups excluding carboxylic acids is 1. The van der Waals surface area contributed by atoms with Crippen molar-refractivity contribution in [3.8, 4) is 5.75 Å². The normalized spacial score (nSPS) is 12.0. The summed E-state index contributed by atoms with van der Waals surface area (Å²) in [6.45, 7) is 1.98. The van der Waals surface area contributed by atoms with Crippen LogP contribution in [0.3, 0.4) is 0 Å². The molecule has 0 saturated heterocycles. The molecule has 1 amide bonds. The number of hydrogen-bond donors (Lipinski definition) is 1. The molecule has 0 aliphatic rings. The van der Waals surface area contributed by atoms with Gasteiger partial charge in [-0.1, -0.05) is 18.2 Å². The van der Waals surface area contributed by atoms with Gasteiger partial charge in [-0.3, -0.25) is 4.79 Å². The van der Waals surface area contributed by atoms with E-state index < -0.39 is 0 Å². The Kier molecular flexibility index (Phi) is 4.49. The Morgan fingerprint density at radius 3 is 2.70 bits per heavy atom. The maximum absolute atomic E-state index is 12.4. The van der Waals surface area contributed by atoms with Crippen molar-refractivity contribution in [1.82, 2.24) is 9.88 Å². The van der Waals surface area contributed by atoms with Crippen LogP contribution < -0.4 is 4.74 Å². The van der Waals surface area contributed by atoms with Gasteiger partial charge in [0.2, 0.25) is 0 Å². The minimum absolute atomic E-state index is 0.0610. The number of amides is 1. The van der Waals surface area contributed by atoms with Gasteiger partial charge in [0.25, 0.3) is 5.91 Å². The summed E-state index contributed by atoms with van der Waals surface area (Å²) in [5.74, 6) is 0.724. The van der Waals surface area contributed by atoms with E-state index in [4.69, 9.17) is 4.74 Å². The van der Waals surface area contributed by atoms with Crippen molar-refractivity contribution >= 4 is 21.8 Å². The quantitative estimate of drug-likeness (QED) is 0.926. The summed E-state index contributed by atoms with van der Waals surface area (Å²) in [5.41, 5.74) is 1.54. The predicted octanol–water partition coefficient (Wildman–Crippen LogP) is 3.62. The van der Waals surface area contributed by atoms with Crippen molar-refractivity contribution in [2.24, 2.45) is 0 Å². The number of aromatic nitrogens is 1. The highest BCUT2D eigenvalue weighted by molar-refractivity contribution is 9.10. The number of methoxy groups -OCH3 is 1. The summed E-state index contributed by atoms with van der Waals surface area (Å²) in [5, 5.41) is 0. The summed E-state index contributed by atoms with van der Waals surface area (Å²) in [7, 11) is 3.42. The van der Waals surface area contributed by atoms with Crippen molar-refractivity contribution in [3.05, 3.63) is 52.3 Å². The number of benzene rings is 1. The first kappa shape index (κ1) is 14.7. The average Bonchev–Trinajstić information content (AvgIpc) is 2.91. The van der Waals surface area contributed by atoms with Crippen LogP contribution >= 0.6 is 15.9 Å². The molecule has 1 unspecified atom stereocenters. The van der Waals surface area contributed by atoms with Crippen LogP contribution in [0.4, 0.5) is 0 Å². The van der Waals surface area contributed by atoms with Crippen LogP contribution in [0.15, 0.2) is 41.0 Å². The molecule has 0 saturated carbocycles. The molecule has 2 aromatic rings. The monoisotopic (exact) mass is 336 g/mol. The minimum Gasteiger partial charge on any atom is -0.496 e. The second kappa shape index (κ2) is 6.13. The largest absolute Gasteiger partial charge is 0.496 e. The van der Waals surface area contributed by atoms with Crippen LogP contribution in [0.1, 0.15) is 29.0 Å². The summed E-state index contributed by atoms with van der Waals surface area (Å²) in [4.78, 5) is 17.0. The lowest BCUT2D eigenvalue weighted by Crippen LogP contribution is -2.30. The summed E-state index contributed by atoms with van der Waals surface area (Å²) in [6, 6.07) is 9.42. The van der Waals surface area contributed by atoms with E-state index in [2.05, 4.69) is 20.9 Å². The van der Waals surface area contributed by atoms with Gasteiger partial charge in [0.1, 0.15) is 11.4 Å². The van der Waals surface area contributed by atoms with Gasteiger partial charge in [-0.2, -0.15) is 0 Å². The molecule has 106 valence electrons. The molecule has 1 heterocycles. The van der Waals surface area contributed by atoms with Crippen LogP contribution in [0.2, 0.25) is 0 Å². The number of halogens is 1. The molecule has 0 aliphatic carbocycles. The third-order valence-corrected chi connectivity index (χ3v) is 3.83. The fraction of sp³-hybridized carbons (Fsp3) is 0.267. The molecule has 1 atom stereocenters. The van der Waals surface area contributed by atoms with Crippen molar-refractivity contribution in [1.29, 1.82) is 0 Å². The smallest absolute Gasteiger partial charge is 0.270 e. The number of carbonyl (C=O) groups is 1. The van der Waals surface area contributed by atoms with Crippen LogP contribution in [0.5, 0.6) is 5.75 Å². The standard InChI is InChI=1S/C15H17BrN2O2/c1-10(12-6-4-5-7-14(12)20-3)18(2)15(19)13-8-11(16)9-17-13/h4-10,17H,1-3H3. The number of para-hydroxylation sites is 1. The topological polar surface area (TPSA) is 45.3 Å². The summed E-state index contributed by atoms with van der Waals surface area (Å²) in [6.07, 6.45) is 1.74. The molecule has 2 rings (SSSR count). The zero-order valence-electron chi connectivity index (χ0n) is 11.7. The number of aromatic amines is 1. The number of nitrogens with zero attached hydrogens (tertiary/aromatic N) is 1. The van der Waals surface area contributed by atoms with E-state index in [1.807, 2.05) is 31.2 Å². The van der Waals surface area contributed by atoms with Crippen molar-refractivity contribution in [3.63, 3.8) is 0 Å². The summed E-state index contributed by atoms with van der Waals surface area (Å²) < 4.78 is 6.21. The molecule has 20 heavy (non-hydrogen) atoms. The maximum atomic E-state index is 12.4. The SMILES string of the molecule is COc1ccccc1C(C)N(C)C(=O)c1cc(Br)c[nH]1. The van der Waals surface area contributed by atoms with Gasteiger partial charge in [-0.25, -0.2) is 0 Å². The molecule has 0 bridgehead atoms. The zero-order valence-corrected chi connectivity index (χ0v) is 13.3. The first-order valence-corrected chi connectivity index (χ1v) is 7.08. The highest BCUT2D eigenvalue weighted by atomic mass is 79.9. The molecule has 0 spiro atoms. The lowest BCUT2D eigenvalue weighted by atomic mass is 10.1. The van der Waals surface area contributed by atoms with E-state index in [-0.39, 0.29) is 11.9 Å². The van der Waals surface area contributed by atoms with Crippen LogP contribution in [0.25, 0.3) is 0 Å². The first-order chi connectivity index (χ1) is 9.54. The fourth-order valence-electron chi connectivity index (χ4n) is 2.08. The van der Waals surface area contributed by atoms with E-state index in [0.29, 0.717) is 5.69 Å². The predicted molar refractivity (Wildman–Crippen MR) is 82.0 cm³/mol. The lowest BCUT2D eigenvalue weighted by Gasteiger charge is -2.26. The van der Waals surface area contributed by atoms with Crippen molar-refractivity contribution < 1.29 is 9.53 Å². The van der Waals surface area contributed by atoms with Crippen LogP contribution in [0, 0.1) is 0 Å². The van der Waals surface area contributed by atoms with Crippen LogP contribution in [-0.4, -0.2) is 29.9 Å². The Hall–Kier alpha value is -1.75. The highest BCUT2D eigenvalue weighted by Crippen LogP contribution is 2.29. The third kappa shape index (κ3) is 2.88. The number of nitrogens with one attached hydrogen (secondary N) is 1. The Morgan fingerprint density at radius 2 is 2.10 bits per heavy atom. The fourth-order valence-corrected chi connectivity index (χ4v) is 2.42. The number of rotatable bonds is 4.